The Kier molecular flexibility index (Phi) is 4.73. The molecular formula is C14H21NO3. The first kappa shape index (κ1) is 14.5. The minimum atomic E-state index is -0.953. The summed E-state index contributed by atoms with van der Waals surface area (Å²) in [5.74, 6) is -0.672. The van der Waals surface area contributed by atoms with Crippen LogP contribution in [0.1, 0.15) is 37.8 Å². The Balaban J connectivity index is 2.79. The zero-order valence-electron chi connectivity index (χ0n) is 11.2. The number of rotatable bonds is 6. The lowest BCUT2D eigenvalue weighted by atomic mass is 9.96. The second-order valence-electron chi connectivity index (χ2n) is 4.87. The molecule has 0 bridgehead atoms. The fourth-order valence-corrected chi connectivity index (χ4v) is 1.92. The largest absolute Gasteiger partial charge is 0.508 e. The maximum atomic E-state index is 11.3. The third kappa shape index (κ3) is 3.47. The van der Waals surface area contributed by atoms with Gasteiger partial charge < -0.3 is 10.2 Å². The van der Waals surface area contributed by atoms with Crippen molar-refractivity contribution in [2.45, 2.75) is 45.7 Å². The zero-order valence-corrected chi connectivity index (χ0v) is 11.2. The first-order valence-electron chi connectivity index (χ1n) is 6.16. The number of aliphatic carboxylic acids is 1. The van der Waals surface area contributed by atoms with Crippen molar-refractivity contribution >= 4 is 5.97 Å². The molecule has 0 aliphatic carbocycles. The van der Waals surface area contributed by atoms with Crippen molar-refractivity contribution < 1.29 is 15.0 Å². The number of benzene rings is 1. The highest BCUT2D eigenvalue weighted by Gasteiger charge is 2.31. The van der Waals surface area contributed by atoms with Gasteiger partial charge in [0.15, 0.2) is 0 Å². The number of nitrogens with one attached hydrogen (secondary N) is 1. The van der Waals surface area contributed by atoms with E-state index in [1.165, 1.54) is 0 Å². The molecular weight excluding hydrogens is 230 g/mol. The van der Waals surface area contributed by atoms with Crippen molar-refractivity contribution in [1.82, 2.24) is 5.32 Å². The first-order chi connectivity index (χ1) is 8.39. The molecule has 4 heteroatoms. The van der Waals surface area contributed by atoms with Crippen LogP contribution in [0.3, 0.4) is 0 Å². The summed E-state index contributed by atoms with van der Waals surface area (Å²) < 4.78 is 0. The van der Waals surface area contributed by atoms with Crippen LogP contribution >= 0.6 is 0 Å². The van der Waals surface area contributed by atoms with Crippen LogP contribution < -0.4 is 5.32 Å². The molecule has 0 saturated heterocycles. The molecule has 0 aromatic heterocycles. The van der Waals surface area contributed by atoms with Gasteiger partial charge in [-0.2, -0.15) is 0 Å². The van der Waals surface area contributed by atoms with Gasteiger partial charge in [0.25, 0.3) is 0 Å². The molecule has 100 valence electrons. The lowest BCUT2D eigenvalue weighted by Gasteiger charge is -2.26. The van der Waals surface area contributed by atoms with Crippen LogP contribution in [-0.2, 0) is 11.3 Å². The molecule has 1 aromatic rings. The summed E-state index contributed by atoms with van der Waals surface area (Å²) in [6, 6.07) is 5.31. The van der Waals surface area contributed by atoms with Crippen LogP contribution in [0.4, 0.5) is 0 Å². The zero-order chi connectivity index (χ0) is 13.8. The number of carboxylic acid groups (broad SMARTS) is 1. The van der Waals surface area contributed by atoms with Gasteiger partial charge in [-0.25, -0.2) is 0 Å². The van der Waals surface area contributed by atoms with E-state index >= 15 is 0 Å². The maximum Gasteiger partial charge on any atom is 0.323 e. The molecule has 0 saturated carbocycles. The number of hydrogen-bond acceptors (Lipinski definition) is 3. The minimum Gasteiger partial charge on any atom is -0.508 e. The van der Waals surface area contributed by atoms with Crippen LogP contribution in [0.5, 0.6) is 5.75 Å². The highest BCUT2D eigenvalue weighted by Crippen LogP contribution is 2.20. The number of carboxylic acids is 1. The van der Waals surface area contributed by atoms with Gasteiger partial charge in [-0.05, 0) is 26.3 Å². The lowest BCUT2D eigenvalue weighted by Crippen LogP contribution is -2.48. The summed E-state index contributed by atoms with van der Waals surface area (Å²) in [7, 11) is 0. The van der Waals surface area contributed by atoms with E-state index in [0.717, 1.165) is 17.5 Å². The summed E-state index contributed by atoms with van der Waals surface area (Å²) in [5, 5.41) is 22.0. The molecule has 1 unspecified atom stereocenters. The molecule has 0 fully saturated rings. The molecule has 1 atom stereocenters. The highest BCUT2D eigenvalue weighted by molar-refractivity contribution is 5.78. The molecule has 1 rings (SSSR count). The minimum absolute atomic E-state index is 0.192. The number of hydrogen-bond donors (Lipinski definition) is 3. The molecule has 0 aliphatic rings. The number of aryl methyl sites for hydroxylation is 1. The molecule has 0 radical (unpaired) electrons. The highest BCUT2D eigenvalue weighted by atomic mass is 16.4. The Labute approximate surface area is 108 Å². The van der Waals surface area contributed by atoms with Crippen LogP contribution in [-0.4, -0.2) is 21.7 Å². The smallest absolute Gasteiger partial charge is 0.323 e. The second-order valence-corrected chi connectivity index (χ2v) is 4.87. The first-order valence-corrected chi connectivity index (χ1v) is 6.16. The van der Waals surface area contributed by atoms with Crippen molar-refractivity contribution in [3.63, 3.8) is 0 Å². The van der Waals surface area contributed by atoms with Crippen LogP contribution in [0.2, 0.25) is 0 Å². The number of phenolic OH excluding ortho intramolecular Hbond substituents is 1. The predicted octanol–water partition coefficient (Wildman–Crippen LogP) is 2.43. The van der Waals surface area contributed by atoms with Gasteiger partial charge in [-0.3, -0.25) is 10.1 Å². The van der Waals surface area contributed by atoms with E-state index in [1.807, 2.05) is 26.0 Å². The van der Waals surface area contributed by atoms with Crippen molar-refractivity contribution in [1.29, 1.82) is 0 Å². The molecule has 0 spiro atoms. The summed E-state index contributed by atoms with van der Waals surface area (Å²) in [6.07, 6.45) is 1.34. The Morgan fingerprint density at radius 2 is 2.11 bits per heavy atom. The van der Waals surface area contributed by atoms with Gasteiger partial charge in [0.05, 0.1) is 0 Å². The van der Waals surface area contributed by atoms with Crippen LogP contribution in [0.25, 0.3) is 0 Å². The lowest BCUT2D eigenvalue weighted by molar-refractivity contribution is -0.144. The van der Waals surface area contributed by atoms with E-state index in [2.05, 4.69) is 5.32 Å². The molecule has 18 heavy (non-hydrogen) atoms. The quantitative estimate of drug-likeness (QED) is 0.726. The normalized spacial score (nSPS) is 14.2. The summed E-state index contributed by atoms with van der Waals surface area (Å²) in [5.41, 5.74) is 0.806. The molecule has 0 heterocycles. The van der Waals surface area contributed by atoms with Crippen molar-refractivity contribution in [3.8, 4) is 5.75 Å². The standard InChI is InChI=1S/C14H21NO3/c1-4-7-14(3,13(17)18)15-9-11-8-10(2)5-6-12(11)16/h5-6,8,15-16H,4,7,9H2,1-3H3,(H,17,18). The summed E-state index contributed by atoms with van der Waals surface area (Å²) in [4.78, 5) is 11.3. The van der Waals surface area contributed by atoms with Crippen LogP contribution in [0.15, 0.2) is 18.2 Å². The van der Waals surface area contributed by atoms with Gasteiger partial charge >= 0.3 is 5.97 Å². The van der Waals surface area contributed by atoms with E-state index in [4.69, 9.17) is 0 Å². The molecule has 3 N–H and O–H groups in total. The Bertz CT molecular complexity index is 431. The van der Waals surface area contributed by atoms with Crippen LogP contribution in [0, 0.1) is 6.92 Å². The second kappa shape index (κ2) is 5.87. The molecule has 1 aromatic carbocycles. The summed E-state index contributed by atoms with van der Waals surface area (Å²) >= 11 is 0. The van der Waals surface area contributed by atoms with E-state index in [1.54, 1.807) is 13.0 Å². The van der Waals surface area contributed by atoms with Crippen molar-refractivity contribution in [2.24, 2.45) is 0 Å². The van der Waals surface area contributed by atoms with Gasteiger partial charge in [-0.1, -0.05) is 31.0 Å². The van der Waals surface area contributed by atoms with E-state index in [0.29, 0.717) is 13.0 Å². The third-order valence-electron chi connectivity index (χ3n) is 3.13. The van der Waals surface area contributed by atoms with Gasteiger partial charge in [0.2, 0.25) is 0 Å². The molecule has 0 aliphatic heterocycles. The number of carbonyl (C=O) groups is 1. The van der Waals surface area contributed by atoms with Gasteiger partial charge in [0.1, 0.15) is 11.3 Å². The molecule has 4 nitrogen and oxygen atoms in total. The topological polar surface area (TPSA) is 69.6 Å². The average Bonchev–Trinajstić information content (AvgIpc) is 2.30. The Morgan fingerprint density at radius 1 is 1.44 bits per heavy atom. The van der Waals surface area contributed by atoms with Crippen molar-refractivity contribution in [2.75, 3.05) is 0 Å². The molecule has 0 amide bonds. The Hall–Kier alpha value is -1.55. The Morgan fingerprint density at radius 3 is 2.67 bits per heavy atom. The van der Waals surface area contributed by atoms with Crippen molar-refractivity contribution in [3.05, 3.63) is 29.3 Å². The monoisotopic (exact) mass is 251 g/mol. The van der Waals surface area contributed by atoms with E-state index < -0.39 is 11.5 Å². The SMILES string of the molecule is CCCC(C)(NCc1cc(C)ccc1O)C(=O)O. The number of phenols is 1. The number of aromatic hydroxyl groups is 1. The fraction of sp³-hybridized carbons (Fsp3) is 0.500. The average molecular weight is 251 g/mol. The maximum absolute atomic E-state index is 11.3. The van der Waals surface area contributed by atoms with E-state index in [-0.39, 0.29) is 5.75 Å². The summed E-state index contributed by atoms with van der Waals surface area (Å²) in [6.45, 7) is 5.90. The van der Waals surface area contributed by atoms with Gasteiger partial charge in [-0.15, -0.1) is 0 Å². The third-order valence-corrected chi connectivity index (χ3v) is 3.13. The van der Waals surface area contributed by atoms with E-state index in [9.17, 15) is 15.0 Å². The van der Waals surface area contributed by atoms with Gasteiger partial charge in [0, 0.05) is 12.1 Å². The predicted molar refractivity (Wildman–Crippen MR) is 70.6 cm³/mol. The fourth-order valence-electron chi connectivity index (χ4n) is 1.92.